The highest BCUT2D eigenvalue weighted by Gasteiger charge is 2.37. The maximum absolute atomic E-state index is 12.2. The fourth-order valence-corrected chi connectivity index (χ4v) is 4.88. The third-order valence-corrected chi connectivity index (χ3v) is 6.63. The van der Waals surface area contributed by atoms with Gasteiger partial charge in [0.1, 0.15) is 15.4 Å². The zero-order valence-electron chi connectivity index (χ0n) is 13.1. The van der Waals surface area contributed by atoms with E-state index in [-0.39, 0.29) is 29.5 Å². The Hall–Kier alpha value is -1.29. The zero-order valence-corrected chi connectivity index (χ0v) is 13.9. The van der Waals surface area contributed by atoms with E-state index >= 15 is 0 Å². The quantitative estimate of drug-likeness (QED) is 0.824. The van der Waals surface area contributed by atoms with E-state index in [9.17, 15) is 18.5 Å². The highest BCUT2D eigenvalue weighted by molar-refractivity contribution is 7.91. The second-order valence-corrected chi connectivity index (χ2v) is 8.98. The SMILES string of the molecule is CC(C#N)(NC(=O)NC1CCS(=O)(=O)CC1)C1CCCCC1. The fourth-order valence-electron chi connectivity index (χ4n) is 3.39. The molecule has 1 unspecified atom stereocenters. The summed E-state index contributed by atoms with van der Waals surface area (Å²) in [4.78, 5) is 12.2. The summed E-state index contributed by atoms with van der Waals surface area (Å²) in [5, 5.41) is 15.1. The van der Waals surface area contributed by atoms with E-state index in [1.54, 1.807) is 6.92 Å². The van der Waals surface area contributed by atoms with Gasteiger partial charge in [0.25, 0.3) is 0 Å². The van der Waals surface area contributed by atoms with E-state index in [1.165, 1.54) is 6.42 Å². The Morgan fingerprint density at radius 2 is 1.73 bits per heavy atom. The van der Waals surface area contributed by atoms with Gasteiger partial charge in [-0.1, -0.05) is 19.3 Å². The minimum absolute atomic E-state index is 0.121. The molecule has 1 saturated heterocycles. The number of carbonyl (C=O) groups is 1. The number of nitrogens with one attached hydrogen (secondary N) is 2. The van der Waals surface area contributed by atoms with Crippen molar-refractivity contribution < 1.29 is 13.2 Å². The number of sulfone groups is 1. The van der Waals surface area contributed by atoms with Crippen molar-refractivity contribution in [3.05, 3.63) is 0 Å². The lowest BCUT2D eigenvalue weighted by Gasteiger charge is -2.35. The number of amides is 2. The van der Waals surface area contributed by atoms with Crippen molar-refractivity contribution in [2.45, 2.75) is 63.5 Å². The average Bonchev–Trinajstić information content (AvgIpc) is 2.50. The van der Waals surface area contributed by atoms with Crippen molar-refractivity contribution in [1.29, 1.82) is 5.26 Å². The first-order valence-electron chi connectivity index (χ1n) is 8.05. The van der Waals surface area contributed by atoms with Crippen LogP contribution in [0.5, 0.6) is 0 Å². The van der Waals surface area contributed by atoms with Crippen LogP contribution in [0, 0.1) is 17.2 Å². The molecule has 124 valence electrons. The molecule has 0 radical (unpaired) electrons. The highest BCUT2D eigenvalue weighted by atomic mass is 32.2. The van der Waals surface area contributed by atoms with Crippen LogP contribution in [-0.4, -0.2) is 37.5 Å². The molecule has 1 heterocycles. The third kappa shape index (κ3) is 4.35. The molecule has 1 saturated carbocycles. The number of hydrogen-bond acceptors (Lipinski definition) is 4. The molecule has 7 heteroatoms. The lowest BCUT2D eigenvalue weighted by atomic mass is 9.76. The first kappa shape index (κ1) is 17.1. The summed E-state index contributed by atoms with van der Waals surface area (Å²) in [6.07, 6.45) is 6.22. The van der Waals surface area contributed by atoms with Gasteiger partial charge in [-0.05, 0) is 38.5 Å². The molecule has 2 N–H and O–H groups in total. The second kappa shape index (κ2) is 6.86. The summed E-state index contributed by atoms with van der Waals surface area (Å²) in [7, 11) is -2.93. The zero-order chi connectivity index (χ0) is 16.2. The maximum Gasteiger partial charge on any atom is 0.316 e. The predicted octanol–water partition coefficient (Wildman–Crippen LogP) is 1.73. The molecule has 0 spiro atoms. The van der Waals surface area contributed by atoms with Crippen LogP contribution in [0.3, 0.4) is 0 Å². The normalized spacial score (nSPS) is 25.6. The van der Waals surface area contributed by atoms with E-state index in [2.05, 4.69) is 16.7 Å². The summed E-state index contributed by atoms with van der Waals surface area (Å²) in [6, 6.07) is 1.77. The molecule has 2 fully saturated rings. The lowest BCUT2D eigenvalue weighted by molar-refractivity contribution is 0.201. The van der Waals surface area contributed by atoms with Crippen molar-refractivity contribution in [1.82, 2.24) is 10.6 Å². The summed E-state index contributed by atoms with van der Waals surface area (Å²) in [5.74, 6) is 0.426. The van der Waals surface area contributed by atoms with Crippen molar-refractivity contribution in [3.63, 3.8) is 0 Å². The molecule has 0 bridgehead atoms. The molecule has 1 atom stereocenters. The molecule has 6 nitrogen and oxygen atoms in total. The van der Waals surface area contributed by atoms with Gasteiger partial charge in [0.15, 0.2) is 0 Å². The minimum atomic E-state index is -2.93. The van der Waals surface area contributed by atoms with Gasteiger partial charge in [0.2, 0.25) is 0 Å². The van der Waals surface area contributed by atoms with Gasteiger partial charge < -0.3 is 10.6 Å². The third-order valence-electron chi connectivity index (χ3n) is 4.92. The molecule has 22 heavy (non-hydrogen) atoms. The summed E-state index contributed by atoms with van der Waals surface area (Å²) in [6.45, 7) is 1.79. The van der Waals surface area contributed by atoms with Crippen LogP contribution < -0.4 is 10.6 Å². The Balaban J connectivity index is 1.88. The number of hydrogen-bond donors (Lipinski definition) is 2. The Bertz CT molecular complexity index is 535. The van der Waals surface area contributed by atoms with Gasteiger partial charge in [-0.15, -0.1) is 0 Å². The number of rotatable bonds is 3. The highest BCUT2D eigenvalue weighted by Crippen LogP contribution is 2.32. The van der Waals surface area contributed by atoms with Crippen LogP contribution in [0.25, 0.3) is 0 Å². The topological polar surface area (TPSA) is 99.1 Å². The van der Waals surface area contributed by atoms with E-state index in [1.807, 2.05) is 0 Å². The van der Waals surface area contributed by atoms with Gasteiger partial charge >= 0.3 is 6.03 Å². The van der Waals surface area contributed by atoms with Crippen LogP contribution in [0.1, 0.15) is 51.9 Å². The standard InChI is InChI=1S/C15H25N3O3S/c1-15(11-16,12-5-3-2-4-6-12)18-14(19)17-13-7-9-22(20,21)10-8-13/h12-13H,2-10H2,1H3,(H2,17,18,19). The molecule has 2 rings (SSSR count). The number of carbonyl (C=O) groups excluding carboxylic acids is 1. The van der Waals surface area contributed by atoms with Crippen molar-refractivity contribution in [2.24, 2.45) is 5.92 Å². The predicted molar refractivity (Wildman–Crippen MR) is 83.9 cm³/mol. The Morgan fingerprint density at radius 1 is 1.14 bits per heavy atom. The molecule has 2 aliphatic rings. The minimum Gasteiger partial charge on any atom is -0.335 e. The monoisotopic (exact) mass is 327 g/mol. The van der Waals surface area contributed by atoms with Crippen LogP contribution >= 0.6 is 0 Å². The number of nitriles is 1. The Labute approximate surface area is 132 Å². The molecular weight excluding hydrogens is 302 g/mol. The molecule has 0 aromatic rings. The van der Waals surface area contributed by atoms with Crippen LogP contribution in [0.2, 0.25) is 0 Å². The first-order valence-corrected chi connectivity index (χ1v) is 9.87. The summed E-state index contributed by atoms with van der Waals surface area (Å²) in [5.41, 5.74) is -0.856. The number of urea groups is 1. The fraction of sp³-hybridized carbons (Fsp3) is 0.867. The molecular formula is C15H25N3O3S. The second-order valence-electron chi connectivity index (χ2n) is 6.67. The van der Waals surface area contributed by atoms with E-state index in [4.69, 9.17) is 0 Å². The van der Waals surface area contributed by atoms with E-state index in [0.717, 1.165) is 25.7 Å². The van der Waals surface area contributed by atoms with Gasteiger partial charge in [0, 0.05) is 6.04 Å². The lowest BCUT2D eigenvalue weighted by Crippen LogP contribution is -2.56. The van der Waals surface area contributed by atoms with Gasteiger partial charge in [0.05, 0.1) is 17.6 Å². The van der Waals surface area contributed by atoms with Crippen molar-refractivity contribution in [3.8, 4) is 6.07 Å². The van der Waals surface area contributed by atoms with Gasteiger partial charge in [-0.25, -0.2) is 13.2 Å². The largest absolute Gasteiger partial charge is 0.335 e. The van der Waals surface area contributed by atoms with Crippen molar-refractivity contribution in [2.75, 3.05) is 11.5 Å². The summed E-state index contributed by atoms with van der Waals surface area (Å²) < 4.78 is 22.8. The molecule has 1 aliphatic heterocycles. The maximum atomic E-state index is 12.2. The van der Waals surface area contributed by atoms with E-state index in [0.29, 0.717) is 12.8 Å². The number of nitrogens with zero attached hydrogens (tertiary/aromatic N) is 1. The first-order chi connectivity index (χ1) is 10.3. The summed E-state index contributed by atoms with van der Waals surface area (Å²) >= 11 is 0. The Morgan fingerprint density at radius 3 is 2.27 bits per heavy atom. The van der Waals surface area contributed by atoms with Crippen molar-refractivity contribution >= 4 is 15.9 Å². The van der Waals surface area contributed by atoms with Crippen LogP contribution in [-0.2, 0) is 9.84 Å². The molecule has 2 amide bonds. The average molecular weight is 327 g/mol. The van der Waals surface area contributed by atoms with Gasteiger partial charge in [-0.2, -0.15) is 5.26 Å². The van der Waals surface area contributed by atoms with Crippen LogP contribution in [0.4, 0.5) is 4.79 Å². The van der Waals surface area contributed by atoms with E-state index < -0.39 is 15.4 Å². The molecule has 1 aliphatic carbocycles. The Kier molecular flexibility index (Phi) is 5.32. The molecule has 0 aromatic heterocycles. The smallest absolute Gasteiger partial charge is 0.316 e. The van der Waals surface area contributed by atoms with Gasteiger partial charge in [-0.3, -0.25) is 0 Å². The molecule has 0 aromatic carbocycles. The van der Waals surface area contributed by atoms with Crippen LogP contribution in [0.15, 0.2) is 0 Å².